The van der Waals surface area contributed by atoms with E-state index in [1.165, 1.54) is 6.33 Å². The number of rotatable bonds is 3. The molecule has 2 aromatic rings. The number of nitrogens with two attached hydrogens (primary N) is 1. The van der Waals surface area contributed by atoms with Crippen LogP contribution < -0.4 is 11.1 Å². The molecule has 4 N–H and O–H groups in total. The summed E-state index contributed by atoms with van der Waals surface area (Å²) in [7, 11) is 0. The van der Waals surface area contributed by atoms with Crippen molar-refractivity contribution < 1.29 is 0 Å². The number of halogens is 1. The van der Waals surface area contributed by atoms with Crippen LogP contribution in [0.5, 0.6) is 0 Å². The normalized spacial score (nSPS) is 10.4. The van der Waals surface area contributed by atoms with Crippen molar-refractivity contribution in [2.45, 2.75) is 13.5 Å². The van der Waals surface area contributed by atoms with Gasteiger partial charge in [-0.15, -0.1) is 0 Å². The van der Waals surface area contributed by atoms with Gasteiger partial charge in [0.1, 0.15) is 12.0 Å². The molecule has 0 aliphatic heterocycles. The third-order valence-corrected chi connectivity index (χ3v) is 2.52. The molecule has 2 rings (SSSR count). The molecule has 6 nitrogen and oxygen atoms in total. The molecule has 16 heavy (non-hydrogen) atoms. The number of aromatic nitrogens is 4. The van der Waals surface area contributed by atoms with E-state index in [2.05, 4.69) is 25.5 Å². The van der Waals surface area contributed by atoms with Crippen LogP contribution in [0.1, 0.15) is 11.3 Å². The largest absolute Gasteiger partial charge is 0.393 e. The lowest BCUT2D eigenvalue weighted by Gasteiger charge is -2.07. The Labute approximate surface area is 97.2 Å². The summed E-state index contributed by atoms with van der Waals surface area (Å²) in [6, 6.07) is 0. The van der Waals surface area contributed by atoms with E-state index in [0.717, 1.165) is 11.3 Å². The minimum absolute atomic E-state index is 0.251. The van der Waals surface area contributed by atoms with E-state index in [1.807, 2.05) is 6.92 Å². The van der Waals surface area contributed by atoms with Gasteiger partial charge < -0.3 is 11.1 Å². The predicted molar refractivity (Wildman–Crippen MR) is 62.1 cm³/mol. The lowest BCUT2D eigenvalue weighted by atomic mass is 10.2. The molecule has 0 atom stereocenters. The van der Waals surface area contributed by atoms with Gasteiger partial charge in [0.25, 0.3) is 0 Å². The van der Waals surface area contributed by atoms with Gasteiger partial charge in [-0.2, -0.15) is 5.10 Å². The molecule has 0 aliphatic carbocycles. The van der Waals surface area contributed by atoms with Gasteiger partial charge in [0.15, 0.2) is 11.0 Å². The monoisotopic (exact) mass is 238 g/mol. The molecule has 84 valence electrons. The van der Waals surface area contributed by atoms with Crippen molar-refractivity contribution in [2.24, 2.45) is 0 Å². The van der Waals surface area contributed by atoms with E-state index >= 15 is 0 Å². The van der Waals surface area contributed by atoms with Crippen molar-refractivity contribution in [1.82, 2.24) is 20.2 Å². The Morgan fingerprint density at radius 1 is 1.50 bits per heavy atom. The Morgan fingerprint density at radius 3 is 3.00 bits per heavy atom. The highest BCUT2D eigenvalue weighted by Gasteiger charge is 2.06. The number of nitrogen functional groups attached to an aromatic ring is 1. The fourth-order valence-corrected chi connectivity index (χ4v) is 1.38. The summed E-state index contributed by atoms with van der Waals surface area (Å²) in [5, 5.41) is 10.1. The second kappa shape index (κ2) is 4.36. The minimum atomic E-state index is 0.251. The summed E-state index contributed by atoms with van der Waals surface area (Å²) < 4.78 is 0. The molecule has 2 heterocycles. The number of hydrogen-bond acceptors (Lipinski definition) is 5. The molecule has 0 radical (unpaired) electrons. The van der Waals surface area contributed by atoms with Gasteiger partial charge in [-0.05, 0) is 6.92 Å². The first-order valence-electron chi connectivity index (χ1n) is 4.67. The molecule has 0 aromatic carbocycles. The van der Waals surface area contributed by atoms with Gasteiger partial charge in [-0.1, -0.05) is 11.6 Å². The molecule has 0 bridgehead atoms. The van der Waals surface area contributed by atoms with E-state index in [0.29, 0.717) is 18.1 Å². The van der Waals surface area contributed by atoms with Crippen LogP contribution in [-0.2, 0) is 6.54 Å². The molecule has 7 heteroatoms. The highest BCUT2D eigenvalue weighted by Crippen LogP contribution is 2.22. The Bertz CT molecular complexity index is 494. The van der Waals surface area contributed by atoms with Crippen molar-refractivity contribution in [2.75, 3.05) is 11.1 Å². The third-order valence-electron chi connectivity index (χ3n) is 2.22. The predicted octanol–water partition coefficient (Wildman–Crippen LogP) is 1.36. The lowest BCUT2D eigenvalue weighted by molar-refractivity contribution is 1.03. The zero-order valence-corrected chi connectivity index (χ0v) is 9.41. The lowest BCUT2D eigenvalue weighted by Crippen LogP contribution is -2.05. The Morgan fingerprint density at radius 2 is 2.31 bits per heavy atom. The van der Waals surface area contributed by atoms with Gasteiger partial charge in [-0.3, -0.25) is 5.10 Å². The molecule has 0 fully saturated rings. The van der Waals surface area contributed by atoms with Crippen molar-refractivity contribution in [3.05, 3.63) is 28.9 Å². The van der Waals surface area contributed by atoms with Crippen LogP contribution in [0.2, 0.25) is 5.15 Å². The highest BCUT2D eigenvalue weighted by atomic mass is 35.5. The molecule has 0 saturated carbocycles. The fourth-order valence-electron chi connectivity index (χ4n) is 1.25. The Hall–Kier alpha value is -1.82. The number of nitrogens with zero attached hydrogens (tertiary/aromatic N) is 3. The number of aromatic amines is 1. The SMILES string of the molecule is Cc1[nH]ncc1CNc1ncnc(Cl)c1N. The molecule has 0 spiro atoms. The van der Waals surface area contributed by atoms with E-state index in [9.17, 15) is 0 Å². The third kappa shape index (κ3) is 2.06. The average Bonchev–Trinajstić information content (AvgIpc) is 2.67. The fraction of sp³-hybridized carbons (Fsp3) is 0.222. The van der Waals surface area contributed by atoms with Crippen molar-refractivity contribution in [1.29, 1.82) is 0 Å². The maximum Gasteiger partial charge on any atom is 0.157 e. The zero-order valence-electron chi connectivity index (χ0n) is 8.66. The number of aryl methyl sites for hydroxylation is 1. The van der Waals surface area contributed by atoms with Crippen molar-refractivity contribution in [3.63, 3.8) is 0 Å². The first-order valence-corrected chi connectivity index (χ1v) is 5.05. The molecule has 0 saturated heterocycles. The Balaban J connectivity index is 2.11. The summed E-state index contributed by atoms with van der Waals surface area (Å²) >= 11 is 5.77. The second-order valence-electron chi connectivity index (χ2n) is 3.30. The minimum Gasteiger partial charge on any atom is -0.393 e. The Kier molecular flexibility index (Phi) is 2.91. The molecule has 2 aromatic heterocycles. The first-order chi connectivity index (χ1) is 7.68. The summed E-state index contributed by atoms with van der Waals surface area (Å²) in [5.74, 6) is 0.528. The maximum absolute atomic E-state index is 5.77. The van der Waals surface area contributed by atoms with E-state index in [-0.39, 0.29) is 5.15 Å². The number of anilines is 2. The van der Waals surface area contributed by atoms with Crippen molar-refractivity contribution >= 4 is 23.1 Å². The van der Waals surface area contributed by atoms with Gasteiger partial charge in [0.05, 0.1) is 6.20 Å². The average molecular weight is 239 g/mol. The second-order valence-corrected chi connectivity index (χ2v) is 3.66. The van der Waals surface area contributed by atoms with E-state index in [4.69, 9.17) is 17.3 Å². The summed E-state index contributed by atoms with van der Waals surface area (Å²) in [4.78, 5) is 7.78. The summed E-state index contributed by atoms with van der Waals surface area (Å²) in [6.45, 7) is 2.53. The topological polar surface area (TPSA) is 92.5 Å². The van der Waals surface area contributed by atoms with Crippen LogP contribution in [0, 0.1) is 6.92 Å². The zero-order chi connectivity index (χ0) is 11.5. The van der Waals surface area contributed by atoms with Gasteiger partial charge >= 0.3 is 0 Å². The van der Waals surface area contributed by atoms with Crippen LogP contribution in [0.15, 0.2) is 12.5 Å². The summed E-state index contributed by atoms with van der Waals surface area (Å²) in [6.07, 6.45) is 3.12. The highest BCUT2D eigenvalue weighted by molar-refractivity contribution is 6.32. The molecular formula is C9H11ClN6. The molecule has 0 aliphatic rings. The van der Waals surface area contributed by atoms with Crippen LogP contribution in [0.25, 0.3) is 0 Å². The maximum atomic E-state index is 5.77. The van der Waals surface area contributed by atoms with Crippen LogP contribution in [-0.4, -0.2) is 20.2 Å². The molecular weight excluding hydrogens is 228 g/mol. The summed E-state index contributed by atoms with van der Waals surface area (Å²) in [5.41, 5.74) is 8.13. The van der Waals surface area contributed by atoms with Crippen LogP contribution in [0.4, 0.5) is 11.5 Å². The molecule has 0 unspecified atom stereocenters. The first kappa shape index (κ1) is 10.7. The smallest absolute Gasteiger partial charge is 0.157 e. The van der Waals surface area contributed by atoms with E-state index in [1.54, 1.807) is 6.20 Å². The van der Waals surface area contributed by atoms with Crippen molar-refractivity contribution in [3.8, 4) is 0 Å². The standard InChI is InChI=1S/C9H11ClN6/c1-5-6(3-15-16-5)2-12-9-7(11)8(10)13-4-14-9/h3-4H,2,11H2,1H3,(H,15,16)(H,12,13,14). The number of nitrogens with one attached hydrogen (secondary N) is 2. The van der Waals surface area contributed by atoms with Gasteiger partial charge in [-0.25, -0.2) is 9.97 Å². The van der Waals surface area contributed by atoms with Gasteiger partial charge in [0, 0.05) is 17.8 Å². The van der Waals surface area contributed by atoms with Crippen LogP contribution >= 0.6 is 11.6 Å². The number of hydrogen-bond donors (Lipinski definition) is 3. The van der Waals surface area contributed by atoms with E-state index < -0.39 is 0 Å². The van der Waals surface area contributed by atoms with Crippen LogP contribution in [0.3, 0.4) is 0 Å². The van der Waals surface area contributed by atoms with Gasteiger partial charge in [0.2, 0.25) is 0 Å². The quantitative estimate of drug-likeness (QED) is 0.702. The number of H-pyrrole nitrogens is 1. The molecule has 0 amide bonds.